The topological polar surface area (TPSA) is 71.8 Å². The molecule has 5 aromatic rings. The molecule has 0 fully saturated rings. The van der Waals surface area contributed by atoms with Gasteiger partial charge in [-0.1, -0.05) is 48.5 Å². The van der Waals surface area contributed by atoms with Gasteiger partial charge in [-0.25, -0.2) is 9.97 Å². The summed E-state index contributed by atoms with van der Waals surface area (Å²) in [5.41, 5.74) is 4.98. The average Bonchev–Trinajstić information content (AvgIpc) is 3.19. The van der Waals surface area contributed by atoms with Crippen LogP contribution in [0.1, 0.15) is 38.3 Å². The molecule has 0 saturated heterocycles. The van der Waals surface area contributed by atoms with E-state index in [-0.39, 0.29) is 5.56 Å². The fourth-order valence-corrected chi connectivity index (χ4v) is 4.68. The molecule has 0 saturated carbocycles. The predicted octanol–water partition coefficient (Wildman–Crippen LogP) is 7.02. The summed E-state index contributed by atoms with van der Waals surface area (Å²) in [6.07, 6.45) is -2.23. The molecule has 2 aromatic heterocycles. The van der Waals surface area contributed by atoms with Gasteiger partial charge in [0.25, 0.3) is 5.91 Å². The Balaban J connectivity index is 1.23. The number of alkyl halides is 3. The molecule has 0 aliphatic heterocycles. The molecule has 3 aromatic carbocycles. The van der Waals surface area contributed by atoms with Gasteiger partial charge in [-0.05, 0) is 67.3 Å². The summed E-state index contributed by atoms with van der Waals surface area (Å²) in [7, 11) is 0. The normalized spacial score (nSPS) is 11.5. The molecule has 0 aliphatic carbocycles. The highest BCUT2D eigenvalue weighted by molar-refractivity contribution is 6.04. The van der Waals surface area contributed by atoms with Crippen molar-refractivity contribution in [1.29, 1.82) is 0 Å². The Morgan fingerprint density at radius 3 is 2.38 bits per heavy atom. The highest BCUT2D eigenvalue weighted by atomic mass is 19.4. The van der Waals surface area contributed by atoms with Crippen LogP contribution in [0.4, 0.5) is 24.7 Å². The van der Waals surface area contributed by atoms with Crippen LogP contribution in [0.15, 0.2) is 85.2 Å². The number of aryl methyl sites for hydroxylation is 1. The number of hydrogen-bond donors (Lipinski definition) is 2. The largest absolute Gasteiger partial charge is 0.416 e. The minimum Gasteiger partial charge on any atom is -0.369 e. The van der Waals surface area contributed by atoms with Crippen molar-refractivity contribution in [3.63, 3.8) is 0 Å². The molecule has 0 aliphatic rings. The summed E-state index contributed by atoms with van der Waals surface area (Å²) < 4.78 is 41.1. The number of halogens is 3. The number of nitrogens with zero attached hydrogens (tertiary/aromatic N) is 3. The molecular weight excluding hydrogens is 515 g/mol. The molecule has 0 radical (unpaired) electrons. The minimum absolute atomic E-state index is 0.0533. The molecule has 5 rings (SSSR count). The maximum atomic E-state index is 13.0. The smallest absolute Gasteiger partial charge is 0.369 e. The maximum Gasteiger partial charge on any atom is 0.416 e. The second-order valence-electron chi connectivity index (χ2n) is 9.61. The van der Waals surface area contributed by atoms with E-state index in [1.165, 1.54) is 17.7 Å². The van der Waals surface area contributed by atoms with E-state index in [2.05, 4.69) is 51.1 Å². The summed E-state index contributed by atoms with van der Waals surface area (Å²) in [5.74, 6) is 0.181. The fraction of sp³-hybridized carbons (Fsp3) is 0.194. The first-order valence-corrected chi connectivity index (χ1v) is 12.9. The number of amides is 1. The molecule has 0 spiro atoms. The van der Waals surface area contributed by atoms with E-state index in [0.717, 1.165) is 52.3 Å². The lowest BCUT2D eigenvalue weighted by atomic mass is 10.1. The van der Waals surface area contributed by atoms with Crippen LogP contribution < -0.4 is 10.6 Å². The number of fused-ring (bicyclic) bond motifs is 1. The lowest BCUT2D eigenvalue weighted by Crippen LogP contribution is -2.14. The average molecular weight is 544 g/mol. The molecule has 0 unspecified atom stereocenters. The zero-order valence-electron chi connectivity index (χ0n) is 22.1. The van der Waals surface area contributed by atoms with Gasteiger partial charge in [0.05, 0.1) is 10.9 Å². The first-order chi connectivity index (χ1) is 19.2. The summed E-state index contributed by atoms with van der Waals surface area (Å²) in [5, 5.41) is 7.10. The summed E-state index contributed by atoms with van der Waals surface area (Å²) in [6, 6.07) is 21.9. The van der Waals surface area contributed by atoms with E-state index in [4.69, 9.17) is 0 Å². The molecule has 2 heterocycles. The van der Waals surface area contributed by atoms with Gasteiger partial charge < -0.3 is 15.2 Å². The van der Waals surface area contributed by atoms with E-state index in [0.29, 0.717) is 18.7 Å². The Morgan fingerprint density at radius 1 is 0.900 bits per heavy atom. The third kappa shape index (κ3) is 5.83. The lowest BCUT2D eigenvalue weighted by molar-refractivity contribution is -0.137. The number of aromatic nitrogens is 3. The Bertz CT molecular complexity index is 1640. The van der Waals surface area contributed by atoms with Gasteiger partial charge in [-0.2, -0.15) is 13.2 Å². The van der Waals surface area contributed by atoms with Crippen LogP contribution in [0.2, 0.25) is 0 Å². The molecule has 204 valence electrons. The number of carbonyl (C=O) groups excluding carboxylic acids is 1. The van der Waals surface area contributed by atoms with E-state index >= 15 is 0 Å². The van der Waals surface area contributed by atoms with Gasteiger partial charge in [0.2, 0.25) is 0 Å². The number of carbonyl (C=O) groups is 1. The number of rotatable bonds is 8. The zero-order chi connectivity index (χ0) is 28.3. The first kappa shape index (κ1) is 26.9. The molecule has 9 heteroatoms. The van der Waals surface area contributed by atoms with Crippen molar-refractivity contribution in [2.24, 2.45) is 0 Å². The van der Waals surface area contributed by atoms with Crippen molar-refractivity contribution in [2.75, 3.05) is 17.2 Å². The molecule has 40 heavy (non-hydrogen) atoms. The highest BCUT2D eigenvalue weighted by Gasteiger charge is 2.30. The van der Waals surface area contributed by atoms with Crippen LogP contribution >= 0.6 is 0 Å². The van der Waals surface area contributed by atoms with Crippen molar-refractivity contribution in [1.82, 2.24) is 14.5 Å². The van der Waals surface area contributed by atoms with Gasteiger partial charge in [-0.15, -0.1) is 0 Å². The number of hydrogen-bond acceptors (Lipinski definition) is 4. The van der Waals surface area contributed by atoms with Gasteiger partial charge in [0.1, 0.15) is 17.8 Å². The maximum absolute atomic E-state index is 13.0. The number of nitrogens with one attached hydrogen (secondary N) is 2. The third-order valence-electron chi connectivity index (χ3n) is 6.96. The van der Waals surface area contributed by atoms with Crippen LogP contribution in [0.25, 0.3) is 11.0 Å². The van der Waals surface area contributed by atoms with Gasteiger partial charge >= 0.3 is 6.18 Å². The Hall–Kier alpha value is -4.66. The SMILES string of the molecule is Cc1c(C)n(Cc2ccccc2)c2ncnc(NCCc3ccc(NC(=O)c4cccc(C(F)(F)F)c4)cc3)c12. The van der Waals surface area contributed by atoms with Gasteiger partial charge in [0.15, 0.2) is 0 Å². The zero-order valence-corrected chi connectivity index (χ0v) is 22.1. The van der Waals surface area contributed by atoms with Crippen LogP contribution in [0.5, 0.6) is 0 Å². The van der Waals surface area contributed by atoms with Gasteiger partial charge in [0, 0.05) is 30.0 Å². The molecule has 0 bridgehead atoms. The van der Waals surface area contributed by atoms with Crippen LogP contribution in [0.3, 0.4) is 0 Å². The van der Waals surface area contributed by atoms with E-state index in [1.807, 2.05) is 30.3 Å². The number of benzene rings is 3. The van der Waals surface area contributed by atoms with Crippen molar-refractivity contribution >= 4 is 28.4 Å². The molecule has 0 atom stereocenters. The molecule has 1 amide bonds. The highest BCUT2D eigenvalue weighted by Crippen LogP contribution is 2.30. The number of anilines is 2. The van der Waals surface area contributed by atoms with Crippen molar-refractivity contribution in [3.8, 4) is 0 Å². The van der Waals surface area contributed by atoms with Crippen molar-refractivity contribution in [2.45, 2.75) is 33.0 Å². The third-order valence-corrected chi connectivity index (χ3v) is 6.96. The Morgan fingerprint density at radius 2 is 1.65 bits per heavy atom. The quantitative estimate of drug-likeness (QED) is 0.221. The summed E-state index contributed by atoms with van der Waals surface area (Å²) >= 11 is 0. The monoisotopic (exact) mass is 543 g/mol. The van der Waals surface area contributed by atoms with Crippen LogP contribution in [-0.4, -0.2) is 27.0 Å². The van der Waals surface area contributed by atoms with Crippen molar-refractivity contribution < 1.29 is 18.0 Å². The Kier molecular flexibility index (Phi) is 7.55. The van der Waals surface area contributed by atoms with Crippen molar-refractivity contribution in [3.05, 3.63) is 119 Å². The van der Waals surface area contributed by atoms with Gasteiger partial charge in [-0.3, -0.25) is 4.79 Å². The van der Waals surface area contributed by atoms with E-state index in [9.17, 15) is 18.0 Å². The standard InChI is InChI=1S/C31H28F3N5O/c1-20-21(2)39(18-23-7-4-3-5-8-23)29-27(20)28(36-19-37-29)35-16-15-22-11-13-26(14-12-22)38-30(40)24-9-6-10-25(17-24)31(32,33)34/h3-14,17,19H,15-16,18H2,1-2H3,(H,38,40)(H,35,36,37). The lowest BCUT2D eigenvalue weighted by Gasteiger charge is -2.10. The minimum atomic E-state index is -4.51. The fourth-order valence-electron chi connectivity index (χ4n) is 4.68. The molecule has 6 nitrogen and oxygen atoms in total. The first-order valence-electron chi connectivity index (χ1n) is 12.9. The second kappa shape index (κ2) is 11.2. The summed E-state index contributed by atoms with van der Waals surface area (Å²) in [6.45, 7) is 5.53. The summed E-state index contributed by atoms with van der Waals surface area (Å²) in [4.78, 5) is 21.6. The van der Waals surface area contributed by atoms with Crippen LogP contribution in [0, 0.1) is 13.8 Å². The van der Waals surface area contributed by atoms with Crippen LogP contribution in [-0.2, 0) is 19.1 Å². The molecular formula is C31H28F3N5O. The van der Waals surface area contributed by atoms with E-state index in [1.54, 1.807) is 18.5 Å². The Labute approximate surface area is 229 Å². The molecule has 2 N–H and O–H groups in total. The second-order valence-corrected chi connectivity index (χ2v) is 9.61. The predicted molar refractivity (Wildman–Crippen MR) is 151 cm³/mol. The van der Waals surface area contributed by atoms with E-state index < -0.39 is 17.6 Å².